The van der Waals surface area contributed by atoms with Gasteiger partial charge in [0.15, 0.2) is 0 Å². The van der Waals surface area contributed by atoms with E-state index < -0.39 is 0 Å². The van der Waals surface area contributed by atoms with Crippen molar-refractivity contribution < 1.29 is 4.74 Å². The average Bonchev–Trinajstić information content (AvgIpc) is 3.22. The molecule has 0 saturated heterocycles. The number of aryl methyl sites for hydroxylation is 1. The summed E-state index contributed by atoms with van der Waals surface area (Å²) in [5.41, 5.74) is 4.96. The van der Waals surface area contributed by atoms with Crippen LogP contribution in [0.4, 0.5) is 0 Å². The molecule has 1 atom stereocenters. The molecule has 0 N–H and O–H groups in total. The van der Waals surface area contributed by atoms with Crippen LogP contribution in [-0.2, 0) is 18.4 Å². The van der Waals surface area contributed by atoms with E-state index in [1.165, 1.54) is 0 Å². The van der Waals surface area contributed by atoms with Gasteiger partial charge < -0.3 is 9.30 Å². The molecule has 0 aliphatic rings. The van der Waals surface area contributed by atoms with E-state index in [0.29, 0.717) is 27.2 Å². The minimum absolute atomic E-state index is 0.297. The van der Waals surface area contributed by atoms with Crippen LogP contribution in [0, 0.1) is 11.3 Å². The smallest absolute Gasteiger partial charge is 0.124 e. The number of nitrogens with zero attached hydrogens (tertiary/aromatic N) is 3. The van der Waals surface area contributed by atoms with Crippen LogP contribution < -0.4 is 0 Å². The second kappa shape index (κ2) is 9.77. The summed E-state index contributed by atoms with van der Waals surface area (Å²) < 4.78 is 8.34. The summed E-state index contributed by atoms with van der Waals surface area (Å²) >= 11 is 19.0. The lowest BCUT2D eigenvalue weighted by molar-refractivity contribution is 0.0624. The Bertz CT molecular complexity index is 1290. The standard InChI is InChI=1S/C25H18Cl3N3O/c1-31-15-30-13-24(31)25(17-4-2-16(12-29)3-5-17)32-14-18-6-7-19(26)10-21(18)22-11-20(27)8-9-23(22)28/h2-11,13,15,25H,14H2,1H3. The van der Waals surface area contributed by atoms with Gasteiger partial charge in [-0.2, -0.15) is 5.26 Å². The van der Waals surface area contributed by atoms with E-state index in [0.717, 1.165) is 27.9 Å². The van der Waals surface area contributed by atoms with Crippen molar-refractivity contribution in [2.24, 2.45) is 7.05 Å². The zero-order chi connectivity index (χ0) is 22.7. The van der Waals surface area contributed by atoms with Crippen molar-refractivity contribution in [3.8, 4) is 17.2 Å². The monoisotopic (exact) mass is 481 g/mol. The van der Waals surface area contributed by atoms with E-state index >= 15 is 0 Å². The lowest BCUT2D eigenvalue weighted by Crippen LogP contribution is -2.11. The predicted octanol–water partition coefficient (Wildman–Crippen LogP) is 7.23. The first-order chi connectivity index (χ1) is 15.5. The van der Waals surface area contributed by atoms with Crippen LogP contribution in [0.2, 0.25) is 15.1 Å². The van der Waals surface area contributed by atoms with Crippen LogP contribution >= 0.6 is 34.8 Å². The fourth-order valence-electron chi connectivity index (χ4n) is 3.51. The first-order valence-corrected chi connectivity index (χ1v) is 10.9. The normalized spacial score (nSPS) is 11.8. The molecular formula is C25H18Cl3N3O. The fourth-order valence-corrected chi connectivity index (χ4v) is 4.07. The van der Waals surface area contributed by atoms with Crippen molar-refractivity contribution in [1.82, 2.24) is 9.55 Å². The molecule has 1 heterocycles. The first-order valence-electron chi connectivity index (χ1n) is 9.78. The third-order valence-electron chi connectivity index (χ3n) is 5.16. The number of ether oxygens (including phenoxy) is 1. The molecule has 160 valence electrons. The molecule has 0 radical (unpaired) electrons. The van der Waals surface area contributed by atoms with E-state index in [1.54, 1.807) is 36.8 Å². The predicted molar refractivity (Wildman–Crippen MR) is 128 cm³/mol. The van der Waals surface area contributed by atoms with Gasteiger partial charge in [0.2, 0.25) is 0 Å². The van der Waals surface area contributed by atoms with E-state index in [4.69, 9.17) is 44.8 Å². The SMILES string of the molecule is Cn1cncc1C(OCc1ccc(Cl)cc1-c1cc(Cl)ccc1Cl)c1ccc(C#N)cc1. The molecule has 0 saturated carbocycles. The molecule has 3 aromatic carbocycles. The molecule has 7 heteroatoms. The van der Waals surface area contributed by atoms with Gasteiger partial charge in [-0.15, -0.1) is 0 Å². The molecule has 4 aromatic rings. The van der Waals surface area contributed by atoms with E-state index in [1.807, 2.05) is 48.0 Å². The highest BCUT2D eigenvalue weighted by Crippen LogP contribution is 2.36. The quantitative estimate of drug-likeness (QED) is 0.291. The number of nitriles is 1. The fraction of sp³-hybridized carbons (Fsp3) is 0.120. The van der Waals surface area contributed by atoms with Gasteiger partial charge in [-0.05, 0) is 59.2 Å². The number of halogens is 3. The van der Waals surface area contributed by atoms with Gasteiger partial charge in [-0.1, -0.05) is 53.0 Å². The molecule has 0 spiro atoms. The lowest BCUT2D eigenvalue weighted by Gasteiger charge is -2.20. The summed E-state index contributed by atoms with van der Waals surface area (Å²) in [6.45, 7) is 0.297. The van der Waals surface area contributed by atoms with E-state index in [2.05, 4.69) is 11.1 Å². The van der Waals surface area contributed by atoms with Gasteiger partial charge in [0, 0.05) is 27.7 Å². The van der Waals surface area contributed by atoms with Gasteiger partial charge in [0.05, 0.1) is 36.5 Å². The van der Waals surface area contributed by atoms with Crippen LogP contribution in [0.1, 0.15) is 28.5 Å². The molecular weight excluding hydrogens is 465 g/mol. The van der Waals surface area contributed by atoms with Crippen LogP contribution in [0.25, 0.3) is 11.1 Å². The molecule has 4 rings (SSSR count). The summed E-state index contributed by atoms with van der Waals surface area (Å²) in [5, 5.41) is 10.9. The molecule has 32 heavy (non-hydrogen) atoms. The molecule has 1 unspecified atom stereocenters. The maximum atomic E-state index is 9.12. The molecule has 0 bridgehead atoms. The van der Waals surface area contributed by atoms with Crippen molar-refractivity contribution in [2.75, 3.05) is 0 Å². The van der Waals surface area contributed by atoms with Gasteiger partial charge in [-0.25, -0.2) is 4.98 Å². The third kappa shape index (κ3) is 4.82. The zero-order valence-electron chi connectivity index (χ0n) is 17.1. The number of benzene rings is 3. The largest absolute Gasteiger partial charge is 0.362 e. The number of imidazole rings is 1. The van der Waals surface area contributed by atoms with Crippen molar-refractivity contribution in [3.05, 3.63) is 111 Å². The average molecular weight is 483 g/mol. The van der Waals surface area contributed by atoms with Gasteiger partial charge in [0.25, 0.3) is 0 Å². The van der Waals surface area contributed by atoms with Crippen molar-refractivity contribution in [3.63, 3.8) is 0 Å². The molecule has 0 aliphatic carbocycles. The highest BCUT2D eigenvalue weighted by Gasteiger charge is 2.20. The highest BCUT2D eigenvalue weighted by molar-refractivity contribution is 6.35. The van der Waals surface area contributed by atoms with Gasteiger partial charge in [-0.3, -0.25) is 0 Å². The summed E-state index contributed by atoms with van der Waals surface area (Å²) in [6, 6.07) is 20.4. The third-order valence-corrected chi connectivity index (χ3v) is 5.96. The lowest BCUT2D eigenvalue weighted by atomic mass is 9.99. The Labute approximate surface area is 201 Å². The Morgan fingerprint density at radius 2 is 1.66 bits per heavy atom. The van der Waals surface area contributed by atoms with Gasteiger partial charge >= 0.3 is 0 Å². The summed E-state index contributed by atoms with van der Waals surface area (Å²) in [6.07, 6.45) is 3.13. The second-order valence-electron chi connectivity index (χ2n) is 7.28. The van der Waals surface area contributed by atoms with Crippen LogP contribution in [0.15, 0.2) is 73.2 Å². The first kappa shape index (κ1) is 22.4. The molecule has 4 nitrogen and oxygen atoms in total. The van der Waals surface area contributed by atoms with E-state index in [9.17, 15) is 0 Å². The minimum Gasteiger partial charge on any atom is -0.362 e. The Morgan fingerprint density at radius 1 is 0.969 bits per heavy atom. The Morgan fingerprint density at radius 3 is 2.31 bits per heavy atom. The number of rotatable bonds is 6. The summed E-state index contributed by atoms with van der Waals surface area (Å²) in [7, 11) is 1.92. The van der Waals surface area contributed by atoms with Crippen molar-refractivity contribution >= 4 is 34.8 Å². The van der Waals surface area contributed by atoms with Gasteiger partial charge in [0.1, 0.15) is 6.10 Å². The summed E-state index contributed by atoms with van der Waals surface area (Å²) in [4.78, 5) is 4.24. The number of hydrogen-bond donors (Lipinski definition) is 0. The Hall–Kier alpha value is -2.81. The summed E-state index contributed by atoms with van der Waals surface area (Å²) in [5.74, 6) is 0. The second-order valence-corrected chi connectivity index (χ2v) is 8.56. The Kier molecular flexibility index (Phi) is 6.83. The molecule has 0 amide bonds. The highest BCUT2D eigenvalue weighted by atomic mass is 35.5. The maximum Gasteiger partial charge on any atom is 0.124 e. The maximum absolute atomic E-state index is 9.12. The van der Waals surface area contributed by atoms with Crippen LogP contribution in [0.5, 0.6) is 0 Å². The molecule has 1 aromatic heterocycles. The van der Waals surface area contributed by atoms with E-state index in [-0.39, 0.29) is 6.10 Å². The van der Waals surface area contributed by atoms with Crippen LogP contribution in [0.3, 0.4) is 0 Å². The molecule has 0 aliphatic heterocycles. The topological polar surface area (TPSA) is 50.8 Å². The number of aromatic nitrogens is 2. The Balaban J connectivity index is 1.70. The minimum atomic E-state index is -0.381. The van der Waals surface area contributed by atoms with Crippen LogP contribution in [-0.4, -0.2) is 9.55 Å². The van der Waals surface area contributed by atoms with Crippen molar-refractivity contribution in [2.45, 2.75) is 12.7 Å². The molecule has 0 fully saturated rings. The number of hydrogen-bond acceptors (Lipinski definition) is 3. The zero-order valence-corrected chi connectivity index (χ0v) is 19.4. The van der Waals surface area contributed by atoms with Crippen molar-refractivity contribution in [1.29, 1.82) is 5.26 Å².